The number of hydrogen-bond acceptors (Lipinski definition) is 7. The summed E-state index contributed by atoms with van der Waals surface area (Å²) in [5.41, 5.74) is 0.954. The summed E-state index contributed by atoms with van der Waals surface area (Å²) in [4.78, 5) is 23.1. The lowest BCUT2D eigenvalue weighted by Gasteiger charge is -2.12. The molecule has 1 atom stereocenters. The molecule has 0 aliphatic heterocycles. The number of methoxy groups -OCH3 is 1. The summed E-state index contributed by atoms with van der Waals surface area (Å²) in [6.45, 7) is 5.39. The Kier molecular flexibility index (Phi) is 5.08. The van der Waals surface area contributed by atoms with E-state index in [0.717, 1.165) is 11.5 Å². The number of rotatable bonds is 5. The number of hydrogen-bond donors (Lipinski definition) is 1. The van der Waals surface area contributed by atoms with Crippen molar-refractivity contribution in [2.75, 3.05) is 19.0 Å². The molecule has 18 heavy (non-hydrogen) atoms. The highest BCUT2D eigenvalue weighted by molar-refractivity contribution is 7.10. The Morgan fingerprint density at radius 3 is 2.72 bits per heavy atom. The summed E-state index contributed by atoms with van der Waals surface area (Å²) < 4.78 is 13.6. The lowest BCUT2D eigenvalue weighted by molar-refractivity contribution is -0.141. The normalized spacial score (nSPS) is 11.8. The third-order valence-electron chi connectivity index (χ3n) is 2.24. The number of nitrogens with one attached hydrogen (secondary N) is 1. The van der Waals surface area contributed by atoms with Gasteiger partial charge < -0.3 is 14.8 Å². The molecule has 100 valence electrons. The summed E-state index contributed by atoms with van der Waals surface area (Å²) in [6, 6.07) is -0.553. The summed E-state index contributed by atoms with van der Waals surface area (Å²) >= 11 is 1.12. The number of aryl methyl sites for hydroxylation is 1. The van der Waals surface area contributed by atoms with E-state index in [-0.39, 0.29) is 0 Å². The monoisotopic (exact) mass is 272 g/mol. The maximum atomic E-state index is 11.8. The smallest absolute Gasteiger partial charge is 0.343 e. The van der Waals surface area contributed by atoms with E-state index in [0.29, 0.717) is 22.9 Å². The van der Waals surface area contributed by atoms with Crippen molar-refractivity contribution in [2.24, 2.45) is 0 Å². The first-order valence-electron chi connectivity index (χ1n) is 5.49. The van der Waals surface area contributed by atoms with Gasteiger partial charge in [-0.25, -0.2) is 9.59 Å². The van der Waals surface area contributed by atoms with Gasteiger partial charge in [0.15, 0.2) is 0 Å². The minimum Gasteiger partial charge on any atom is -0.467 e. The minimum atomic E-state index is -0.553. The van der Waals surface area contributed by atoms with Gasteiger partial charge in [0.05, 0.1) is 19.4 Å². The summed E-state index contributed by atoms with van der Waals surface area (Å²) in [6.07, 6.45) is 0. The third kappa shape index (κ3) is 3.19. The van der Waals surface area contributed by atoms with Crippen molar-refractivity contribution in [1.82, 2.24) is 4.37 Å². The Morgan fingerprint density at radius 1 is 1.50 bits per heavy atom. The molecule has 1 rings (SSSR count). The molecule has 1 unspecified atom stereocenters. The summed E-state index contributed by atoms with van der Waals surface area (Å²) in [5, 5.41) is 3.42. The van der Waals surface area contributed by atoms with Crippen LogP contribution in [0.1, 0.15) is 29.9 Å². The van der Waals surface area contributed by atoms with Gasteiger partial charge in [0.1, 0.15) is 16.6 Å². The van der Waals surface area contributed by atoms with Crippen LogP contribution in [0.5, 0.6) is 0 Å². The van der Waals surface area contributed by atoms with Gasteiger partial charge in [0.25, 0.3) is 0 Å². The van der Waals surface area contributed by atoms with Gasteiger partial charge in [0, 0.05) is 0 Å². The molecule has 1 aromatic rings. The van der Waals surface area contributed by atoms with Crippen molar-refractivity contribution in [3.05, 3.63) is 11.3 Å². The Bertz CT molecular complexity index is 444. The van der Waals surface area contributed by atoms with E-state index >= 15 is 0 Å². The Labute approximate surface area is 109 Å². The second-order valence-corrected chi connectivity index (χ2v) is 4.36. The molecule has 0 aliphatic carbocycles. The molecule has 0 saturated carbocycles. The fraction of sp³-hybridized carbons (Fsp3) is 0.545. The fourth-order valence-electron chi connectivity index (χ4n) is 1.34. The molecular weight excluding hydrogens is 256 g/mol. The molecule has 0 spiro atoms. The van der Waals surface area contributed by atoms with Gasteiger partial charge in [-0.2, -0.15) is 4.37 Å². The zero-order valence-corrected chi connectivity index (χ0v) is 11.6. The Balaban J connectivity index is 2.90. The van der Waals surface area contributed by atoms with Crippen LogP contribution < -0.4 is 5.32 Å². The summed E-state index contributed by atoms with van der Waals surface area (Å²) in [7, 11) is 1.31. The zero-order chi connectivity index (χ0) is 13.7. The van der Waals surface area contributed by atoms with E-state index in [2.05, 4.69) is 14.4 Å². The average Bonchev–Trinajstić information content (AvgIpc) is 2.69. The molecule has 0 bridgehead atoms. The topological polar surface area (TPSA) is 77.5 Å². The second kappa shape index (κ2) is 6.34. The third-order valence-corrected chi connectivity index (χ3v) is 3.11. The van der Waals surface area contributed by atoms with Crippen molar-refractivity contribution >= 4 is 28.5 Å². The Morgan fingerprint density at radius 2 is 2.17 bits per heavy atom. The molecule has 0 aliphatic rings. The van der Waals surface area contributed by atoms with E-state index in [1.54, 1.807) is 20.8 Å². The van der Waals surface area contributed by atoms with Crippen LogP contribution in [0.2, 0.25) is 0 Å². The predicted octanol–water partition coefficient (Wildman–Crippen LogP) is 1.60. The van der Waals surface area contributed by atoms with Crippen LogP contribution >= 0.6 is 11.5 Å². The van der Waals surface area contributed by atoms with Crippen molar-refractivity contribution in [3.8, 4) is 0 Å². The van der Waals surface area contributed by atoms with Crippen molar-refractivity contribution in [2.45, 2.75) is 26.8 Å². The van der Waals surface area contributed by atoms with Crippen LogP contribution in [0.3, 0.4) is 0 Å². The lowest BCUT2D eigenvalue weighted by Crippen LogP contribution is -2.27. The molecule has 0 saturated heterocycles. The van der Waals surface area contributed by atoms with Gasteiger partial charge in [-0.1, -0.05) is 0 Å². The van der Waals surface area contributed by atoms with Gasteiger partial charge >= 0.3 is 11.9 Å². The van der Waals surface area contributed by atoms with Gasteiger partial charge in [0.2, 0.25) is 0 Å². The predicted molar refractivity (Wildman–Crippen MR) is 67.9 cm³/mol. The van der Waals surface area contributed by atoms with Crippen LogP contribution in [0.4, 0.5) is 5.00 Å². The molecule has 1 aromatic heterocycles. The van der Waals surface area contributed by atoms with Crippen LogP contribution in [0.15, 0.2) is 0 Å². The number of esters is 2. The molecule has 7 heteroatoms. The van der Waals surface area contributed by atoms with Crippen molar-refractivity contribution < 1.29 is 19.1 Å². The number of anilines is 1. The van der Waals surface area contributed by atoms with Gasteiger partial charge in [-0.05, 0) is 32.3 Å². The number of carbonyl (C=O) groups is 2. The maximum absolute atomic E-state index is 11.8. The molecule has 6 nitrogen and oxygen atoms in total. The highest BCUT2D eigenvalue weighted by Crippen LogP contribution is 2.26. The number of carbonyl (C=O) groups excluding carboxylic acids is 2. The quantitative estimate of drug-likeness (QED) is 0.820. The van der Waals surface area contributed by atoms with E-state index in [9.17, 15) is 9.59 Å². The van der Waals surface area contributed by atoms with E-state index in [1.807, 2.05) is 0 Å². The van der Waals surface area contributed by atoms with Crippen molar-refractivity contribution in [1.29, 1.82) is 0 Å². The number of nitrogens with zero attached hydrogens (tertiary/aromatic N) is 1. The fourth-order valence-corrected chi connectivity index (χ4v) is 2.22. The Hall–Kier alpha value is -1.63. The van der Waals surface area contributed by atoms with E-state index < -0.39 is 18.0 Å². The second-order valence-electron chi connectivity index (χ2n) is 3.58. The summed E-state index contributed by atoms with van der Waals surface area (Å²) in [5.74, 6) is -0.848. The lowest BCUT2D eigenvalue weighted by atomic mass is 10.2. The highest BCUT2D eigenvalue weighted by Gasteiger charge is 2.22. The van der Waals surface area contributed by atoms with Gasteiger partial charge in [-0.3, -0.25) is 0 Å². The first kappa shape index (κ1) is 14.4. The van der Waals surface area contributed by atoms with Crippen LogP contribution in [-0.4, -0.2) is 36.1 Å². The molecule has 0 aromatic carbocycles. The van der Waals surface area contributed by atoms with Crippen LogP contribution in [0, 0.1) is 6.92 Å². The average molecular weight is 272 g/mol. The highest BCUT2D eigenvalue weighted by atomic mass is 32.1. The van der Waals surface area contributed by atoms with E-state index in [4.69, 9.17) is 4.74 Å². The first-order chi connectivity index (χ1) is 8.51. The number of ether oxygens (including phenoxy) is 2. The molecule has 0 radical (unpaired) electrons. The van der Waals surface area contributed by atoms with Crippen molar-refractivity contribution in [3.63, 3.8) is 0 Å². The first-order valence-corrected chi connectivity index (χ1v) is 6.26. The number of aromatic nitrogens is 1. The zero-order valence-electron chi connectivity index (χ0n) is 10.8. The largest absolute Gasteiger partial charge is 0.467 e. The van der Waals surface area contributed by atoms with E-state index in [1.165, 1.54) is 7.11 Å². The van der Waals surface area contributed by atoms with Crippen LogP contribution in [-0.2, 0) is 14.3 Å². The molecule has 0 amide bonds. The maximum Gasteiger partial charge on any atom is 0.343 e. The molecular formula is C11H16N2O4S. The molecule has 1 N–H and O–H groups in total. The molecule has 0 fully saturated rings. The van der Waals surface area contributed by atoms with Crippen LogP contribution in [0.25, 0.3) is 0 Å². The SMILES string of the molecule is CCOC(=O)c1c(C)nsc1NC(C)C(=O)OC. The van der Waals surface area contributed by atoms with Gasteiger partial charge in [-0.15, -0.1) is 0 Å². The molecule has 1 heterocycles. The minimum absolute atomic E-state index is 0.292. The standard InChI is InChI=1S/C11H16N2O4S/c1-5-17-11(15)8-6(2)13-18-9(8)12-7(3)10(14)16-4/h7,12H,5H2,1-4H3.